The monoisotopic (exact) mass is 238 g/mol. The molecule has 2 nitrogen and oxygen atoms in total. The Labute approximate surface area is 107 Å². The van der Waals surface area contributed by atoms with Crippen LogP contribution in [0.15, 0.2) is 71.7 Å². The Hall–Kier alpha value is -2.06. The molecule has 2 heteroatoms. The molecule has 90 valence electrons. The van der Waals surface area contributed by atoms with Gasteiger partial charge in [-0.05, 0) is 23.8 Å². The van der Waals surface area contributed by atoms with Gasteiger partial charge in [0.2, 0.25) is 0 Å². The third-order valence-corrected chi connectivity index (χ3v) is 3.01. The van der Waals surface area contributed by atoms with Crippen LogP contribution in [0.3, 0.4) is 0 Å². The number of benzene rings is 1. The SMILES string of the molecule is COC1C=C2C=CC=C2OC1=Cc1ccccc1. The largest absolute Gasteiger partial charge is 0.458 e. The number of hydrogen-bond acceptors (Lipinski definition) is 2. The average Bonchev–Trinajstić information content (AvgIpc) is 2.86. The van der Waals surface area contributed by atoms with Crippen LogP contribution in [0.25, 0.3) is 6.08 Å². The maximum atomic E-state index is 5.88. The maximum Gasteiger partial charge on any atom is 0.137 e. The summed E-state index contributed by atoms with van der Waals surface area (Å²) in [6.07, 6.45) is 9.95. The van der Waals surface area contributed by atoms with E-state index in [0.717, 1.165) is 22.7 Å². The van der Waals surface area contributed by atoms with Gasteiger partial charge in [-0.1, -0.05) is 42.5 Å². The van der Waals surface area contributed by atoms with Crippen molar-refractivity contribution in [2.24, 2.45) is 0 Å². The number of hydrogen-bond donors (Lipinski definition) is 0. The van der Waals surface area contributed by atoms with Crippen molar-refractivity contribution in [1.29, 1.82) is 0 Å². The lowest BCUT2D eigenvalue weighted by atomic mass is 10.1. The van der Waals surface area contributed by atoms with Crippen molar-refractivity contribution < 1.29 is 9.47 Å². The fraction of sp³-hybridized carbons (Fsp3) is 0.125. The quantitative estimate of drug-likeness (QED) is 0.785. The highest BCUT2D eigenvalue weighted by atomic mass is 16.5. The summed E-state index contributed by atoms with van der Waals surface area (Å²) in [4.78, 5) is 0. The molecule has 1 unspecified atom stereocenters. The van der Waals surface area contributed by atoms with Gasteiger partial charge in [-0.3, -0.25) is 0 Å². The average molecular weight is 238 g/mol. The molecule has 0 saturated heterocycles. The lowest BCUT2D eigenvalue weighted by Crippen LogP contribution is -2.18. The zero-order chi connectivity index (χ0) is 12.4. The lowest BCUT2D eigenvalue weighted by Gasteiger charge is -2.23. The standard InChI is InChI=1S/C16H14O2/c1-17-15-11-13-8-5-9-14(13)18-16(15)10-12-6-3-2-4-7-12/h2-11,15H,1H3. The highest BCUT2D eigenvalue weighted by Gasteiger charge is 2.24. The van der Waals surface area contributed by atoms with Crippen molar-refractivity contribution in [1.82, 2.24) is 0 Å². The molecular formula is C16H14O2. The molecule has 18 heavy (non-hydrogen) atoms. The normalized spacial score (nSPS) is 23.4. The Kier molecular flexibility index (Phi) is 2.87. The zero-order valence-electron chi connectivity index (χ0n) is 10.2. The number of ether oxygens (including phenoxy) is 2. The van der Waals surface area contributed by atoms with Crippen molar-refractivity contribution in [2.45, 2.75) is 6.10 Å². The van der Waals surface area contributed by atoms with Gasteiger partial charge in [0, 0.05) is 12.7 Å². The topological polar surface area (TPSA) is 18.5 Å². The molecule has 1 aromatic rings. The van der Waals surface area contributed by atoms with Crippen LogP contribution in [-0.2, 0) is 9.47 Å². The molecule has 1 aromatic carbocycles. The van der Waals surface area contributed by atoms with Crippen LogP contribution in [0.4, 0.5) is 0 Å². The first-order chi connectivity index (χ1) is 8.86. The molecule has 0 aromatic heterocycles. The summed E-state index contributed by atoms with van der Waals surface area (Å²) in [5.74, 6) is 1.72. The third-order valence-electron chi connectivity index (χ3n) is 3.01. The molecule has 1 heterocycles. The van der Waals surface area contributed by atoms with Crippen molar-refractivity contribution in [2.75, 3.05) is 7.11 Å². The van der Waals surface area contributed by atoms with Crippen LogP contribution in [-0.4, -0.2) is 13.2 Å². The highest BCUT2D eigenvalue weighted by molar-refractivity contribution is 5.57. The van der Waals surface area contributed by atoms with Crippen LogP contribution in [0.2, 0.25) is 0 Å². The van der Waals surface area contributed by atoms with Crippen LogP contribution in [0, 0.1) is 0 Å². The summed E-state index contributed by atoms with van der Waals surface area (Å²) in [5.41, 5.74) is 2.20. The molecule has 1 aliphatic carbocycles. The van der Waals surface area contributed by atoms with E-state index in [9.17, 15) is 0 Å². The van der Waals surface area contributed by atoms with Gasteiger partial charge in [-0.2, -0.15) is 0 Å². The van der Waals surface area contributed by atoms with E-state index in [-0.39, 0.29) is 6.10 Å². The number of allylic oxidation sites excluding steroid dienone is 3. The Bertz CT molecular complexity index is 562. The van der Waals surface area contributed by atoms with Crippen LogP contribution in [0.1, 0.15) is 5.56 Å². The van der Waals surface area contributed by atoms with E-state index >= 15 is 0 Å². The van der Waals surface area contributed by atoms with Crippen molar-refractivity contribution >= 4 is 6.08 Å². The van der Waals surface area contributed by atoms with Gasteiger partial charge in [0.15, 0.2) is 0 Å². The first kappa shape index (κ1) is 11.1. The molecule has 0 bridgehead atoms. The predicted octanol–water partition coefficient (Wildman–Crippen LogP) is 3.45. The summed E-state index contributed by atoms with van der Waals surface area (Å²) in [6.45, 7) is 0. The Morgan fingerprint density at radius 3 is 2.83 bits per heavy atom. The second kappa shape index (κ2) is 4.67. The summed E-state index contributed by atoms with van der Waals surface area (Å²) >= 11 is 0. The van der Waals surface area contributed by atoms with Crippen LogP contribution in [0.5, 0.6) is 0 Å². The van der Waals surface area contributed by atoms with Gasteiger partial charge < -0.3 is 9.47 Å². The zero-order valence-corrected chi connectivity index (χ0v) is 10.2. The summed E-state index contributed by atoms with van der Waals surface area (Å²) in [7, 11) is 1.69. The van der Waals surface area contributed by atoms with Crippen LogP contribution >= 0.6 is 0 Å². The minimum Gasteiger partial charge on any atom is -0.458 e. The summed E-state index contributed by atoms with van der Waals surface area (Å²) < 4.78 is 11.3. The number of methoxy groups -OCH3 is 1. The molecule has 0 spiro atoms. The predicted molar refractivity (Wildman–Crippen MR) is 71.6 cm³/mol. The first-order valence-corrected chi connectivity index (χ1v) is 5.94. The van der Waals surface area contributed by atoms with Gasteiger partial charge in [-0.15, -0.1) is 0 Å². The molecule has 0 N–H and O–H groups in total. The Morgan fingerprint density at radius 2 is 2.06 bits per heavy atom. The smallest absolute Gasteiger partial charge is 0.137 e. The molecule has 0 saturated carbocycles. The van der Waals surface area contributed by atoms with Crippen molar-refractivity contribution in [3.05, 3.63) is 77.3 Å². The molecule has 0 amide bonds. The fourth-order valence-electron chi connectivity index (χ4n) is 2.09. The van der Waals surface area contributed by atoms with E-state index in [1.807, 2.05) is 54.6 Å². The van der Waals surface area contributed by atoms with Gasteiger partial charge >= 0.3 is 0 Å². The minimum absolute atomic E-state index is 0.125. The van der Waals surface area contributed by atoms with E-state index in [1.165, 1.54) is 0 Å². The summed E-state index contributed by atoms with van der Waals surface area (Å²) in [5, 5.41) is 0. The molecular weight excluding hydrogens is 224 g/mol. The Balaban J connectivity index is 1.95. The van der Waals surface area contributed by atoms with Gasteiger partial charge in [0.25, 0.3) is 0 Å². The van der Waals surface area contributed by atoms with E-state index in [2.05, 4.69) is 6.08 Å². The third kappa shape index (κ3) is 2.03. The van der Waals surface area contributed by atoms with Crippen molar-refractivity contribution in [3.63, 3.8) is 0 Å². The van der Waals surface area contributed by atoms with E-state index in [4.69, 9.17) is 9.47 Å². The molecule has 2 aliphatic rings. The molecule has 3 rings (SSSR count). The maximum absolute atomic E-state index is 5.88. The fourth-order valence-corrected chi connectivity index (χ4v) is 2.09. The molecule has 1 atom stereocenters. The molecule has 1 aliphatic heterocycles. The summed E-state index contributed by atoms with van der Waals surface area (Å²) in [6, 6.07) is 10.1. The van der Waals surface area contributed by atoms with Gasteiger partial charge in [0.05, 0.1) is 0 Å². The molecule has 0 radical (unpaired) electrons. The lowest BCUT2D eigenvalue weighted by molar-refractivity contribution is 0.110. The first-order valence-electron chi connectivity index (χ1n) is 5.94. The van der Waals surface area contributed by atoms with E-state index in [1.54, 1.807) is 7.11 Å². The van der Waals surface area contributed by atoms with Crippen LogP contribution < -0.4 is 0 Å². The van der Waals surface area contributed by atoms with Gasteiger partial charge in [0.1, 0.15) is 17.6 Å². The Morgan fingerprint density at radius 1 is 1.22 bits per heavy atom. The second-order valence-electron chi connectivity index (χ2n) is 4.23. The highest BCUT2D eigenvalue weighted by Crippen LogP contribution is 2.31. The number of rotatable bonds is 2. The second-order valence-corrected chi connectivity index (χ2v) is 4.23. The van der Waals surface area contributed by atoms with Crippen molar-refractivity contribution in [3.8, 4) is 0 Å². The van der Waals surface area contributed by atoms with Gasteiger partial charge in [-0.25, -0.2) is 0 Å². The number of fused-ring (bicyclic) bond motifs is 1. The molecule has 0 fully saturated rings. The van der Waals surface area contributed by atoms with E-state index < -0.39 is 0 Å². The van der Waals surface area contributed by atoms with E-state index in [0.29, 0.717) is 0 Å². The minimum atomic E-state index is -0.125.